The van der Waals surface area contributed by atoms with E-state index in [1.807, 2.05) is 0 Å². The minimum absolute atomic E-state index is 0.138. The van der Waals surface area contributed by atoms with E-state index in [2.05, 4.69) is 0 Å². The van der Waals surface area contributed by atoms with Gasteiger partial charge in [-0.3, -0.25) is 4.79 Å². The summed E-state index contributed by atoms with van der Waals surface area (Å²) in [6.45, 7) is 1.68. The molecule has 1 fully saturated rings. The monoisotopic (exact) mass is 254 g/mol. The van der Waals surface area contributed by atoms with Crippen molar-refractivity contribution in [1.29, 1.82) is 0 Å². The average molecular weight is 254 g/mol. The Morgan fingerprint density at radius 2 is 1.94 bits per heavy atom. The normalized spacial score (nSPS) is 17.7. The van der Waals surface area contributed by atoms with Gasteiger partial charge in [0, 0.05) is 0 Å². The summed E-state index contributed by atoms with van der Waals surface area (Å²) in [5, 5.41) is 7.80. The van der Waals surface area contributed by atoms with E-state index < -0.39 is 21.1 Å². The molecule has 1 aliphatic rings. The van der Waals surface area contributed by atoms with E-state index in [9.17, 15) is 13.2 Å². The summed E-state index contributed by atoms with van der Waals surface area (Å²) in [7, 11) is -3.77. The van der Waals surface area contributed by atoms with E-state index in [0.717, 1.165) is 0 Å². The summed E-state index contributed by atoms with van der Waals surface area (Å²) in [6, 6.07) is 6.51. The van der Waals surface area contributed by atoms with Crippen LogP contribution in [0.2, 0.25) is 0 Å². The van der Waals surface area contributed by atoms with Crippen molar-refractivity contribution in [3.8, 4) is 0 Å². The van der Waals surface area contributed by atoms with Crippen molar-refractivity contribution in [2.45, 2.75) is 29.9 Å². The smallest absolute Gasteiger partial charge is 0.322 e. The highest BCUT2D eigenvalue weighted by Gasteiger charge is 2.46. The van der Waals surface area contributed by atoms with Crippen molar-refractivity contribution >= 4 is 15.8 Å². The quantitative estimate of drug-likeness (QED) is 0.886. The molecular formula is C12H14O4S. The summed E-state index contributed by atoms with van der Waals surface area (Å²) in [6.07, 6.45) is 1.37. The van der Waals surface area contributed by atoms with Crippen molar-refractivity contribution in [2.24, 2.45) is 5.92 Å². The average Bonchev–Trinajstić information content (AvgIpc) is 3.01. The maximum Gasteiger partial charge on any atom is 0.322 e. The third-order valence-electron chi connectivity index (χ3n) is 3.03. The van der Waals surface area contributed by atoms with Gasteiger partial charge >= 0.3 is 5.97 Å². The van der Waals surface area contributed by atoms with Gasteiger partial charge in [0.25, 0.3) is 0 Å². The maximum atomic E-state index is 12.3. The zero-order valence-electron chi connectivity index (χ0n) is 9.46. The molecule has 1 N–H and O–H groups in total. The van der Waals surface area contributed by atoms with Crippen LogP contribution in [0.1, 0.15) is 18.4 Å². The molecule has 2 rings (SSSR count). The Labute approximate surface area is 100 Å². The molecule has 0 aromatic heterocycles. The fourth-order valence-electron chi connectivity index (χ4n) is 2.00. The molecule has 1 saturated carbocycles. The second kappa shape index (κ2) is 4.14. The maximum absolute atomic E-state index is 12.3. The van der Waals surface area contributed by atoms with Gasteiger partial charge in [-0.15, -0.1) is 0 Å². The van der Waals surface area contributed by atoms with Crippen LogP contribution in [-0.4, -0.2) is 24.7 Å². The number of hydrogen-bond acceptors (Lipinski definition) is 3. The largest absolute Gasteiger partial charge is 0.480 e. The standard InChI is InChI=1S/C12H14O4S/c1-8-4-2-3-5-10(8)17(15,16)11(12(13)14)9-6-7-9/h2-5,9,11H,6-7H2,1H3,(H,13,14). The van der Waals surface area contributed by atoms with E-state index in [1.54, 1.807) is 25.1 Å². The van der Waals surface area contributed by atoms with Crippen molar-refractivity contribution in [2.75, 3.05) is 0 Å². The first-order valence-corrected chi connectivity index (χ1v) is 7.01. The van der Waals surface area contributed by atoms with Gasteiger partial charge < -0.3 is 5.11 Å². The van der Waals surface area contributed by atoms with Crippen molar-refractivity contribution < 1.29 is 18.3 Å². The number of hydrogen-bond donors (Lipinski definition) is 1. The molecule has 1 aromatic rings. The summed E-state index contributed by atoms with van der Waals surface area (Å²) in [4.78, 5) is 11.3. The highest BCUT2D eigenvalue weighted by molar-refractivity contribution is 7.92. The highest BCUT2D eigenvalue weighted by atomic mass is 32.2. The van der Waals surface area contributed by atoms with Gasteiger partial charge in [0.05, 0.1) is 4.90 Å². The van der Waals surface area contributed by atoms with Crippen LogP contribution in [0.15, 0.2) is 29.2 Å². The molecular weight excluding hydrogens is 240 g/mol. The lowest BCUT2D eigenvalue weighted by Crippen LogP contribution is -2.32. The van der Waals surface area contributed by atoms with Gasteiger partial charge in [-0.05, 0) is 37.3 Å². The Morgan fingerprint density at radius 3 is 2.41 bits per heavy atom. The molecule has 0 aliphatic heterocycles. The minimum atomic E-state index is -3.77. The third-order valence-corrected chi connectivity index (χ3v) is 5.35. The molecule has 0 bridgehead atoms. The Kier molecular flexibility index (Phi) is 2.95. The molecule has 0 radical (unpaired) electrons. The second-order valence-electron chi connectivity index (χ2n) is 4.41. The number of aryl methyl sites for hydroxylation is 1. The predicted octanol–water partition coefficient (Wildman–Crippen LogP) is 1.63. The predicted molar refractivity (Wildman–Crippen MR) is 62.5 cm³/mol. The summed E-state index contributed by atoms with van der Waals surface area (Å²) < 4.78 is 24.6. The molecule has 0 spiro atoms. The number of benzene rings is 1. The van der Waals surface area contributed by atoms with E-state index >= 15 is 0 Å². The molecule has 0 saturated heterocycles. The third kappa shape index (κ3) is 2.20. The van der Waals surface area contributed by atoms with Crippen LogP contribution in [0.25, 0.3) is 0 Å². The van der Waals surface area contributed by atoms with E-state index in [0.29, 0.717) is 18.4 Å². The van der Waals surface area contributed by atoms with E-state index in [1.165, 1.54) is 6.07 Å². The Morgan fingerprint density at radius 1 is 1.35 bits per heavy atom. The van der Waals surface area contributed by atoms with Crippen LogP contribution in [-0.2, 0) is 14.6 Å². The Hall–Kier alpha value is -1.36. The molecule has 1 unspecified atom stereocenters. The minimum Gasteiger partial charge on any atom is -0.480 e. The fraction of sp³-hybridized carbons (Fsp3) is 0.417. The Balaban J connectivity index is 2.48. The topological polar surface area (TPSA) is 71.4 Å². The van der Waals surface area contributed by atoms with Crippen LogP contribution in [0.3, 0.4) is 0 Å². The number of carboxylic acids is 1. The fourth-order valence-corrected chi connectivity index (χ4v) is 4.10. The Bertz CT molecular complexity index is 543. The number of rotatable bonds is 4. The van der Waals surface area contributed by atoms with Crippen LogP contribution in [0.5, 0.6) is 0 Å². The summed E-state index contributed by atoms with van der Waals surface area (Å²) in [5.74, 6) is -1.46. The number of sulfone groups is 1. The number of carboxylic acid groups (broad SMARTS) is 1. The van der Waals surface area contributed by atoms with Crippen LogP contribution in [0, 0.1) is 12.8 Å². The summed E-state index contributed by atoms with van der Waals surface area (Å²) in [5.41, 5.74) is 0.597. The van der Waals surface area contributed by atoms with Gasteiger partial charge in [-0.1, -0.05) is 18.2 Å². The van der Waals surface area contributed by atoms with Gasteiger partial charge in [-0.2, -0.15) is 0 Å². The lowest BCUT2D eigenvalue weighted by molar-refractivity contribution is -0.136. The first kappa shape index (κ1) is 12.1. The van der Waals surface area contributed by atoms with Crippen molar-refractivity contribution in [3.63, 3.8) is 0 Å². The first-order valence-electron chi connectivity index (χ1n) is 5.47. The number of aliphatic carboxylic acids is 1. The van der Waals surface area contributed by atoms with Gasteiger partial charge in [0.1, 0.15) is 0 Å². The zero-order chi connectivity index (χ0) is 12.6. The van der Waals surface area contributed by atoms with Gasteiger partial charge in [0.2, 0.25) is 0 Å². The second-order valence-corrected chi connectivity index (χ2v) is 6.44. The van der Waals surface area contributed by atoms with Crippen LogP contribution < -0.4 is 0 Å². The molecule has 17 heavy (non-hydrogen) atoms. The van der Waals surface area contributed by atoms with Crippen molar-refractivity contribution in [1.82, 2.24) is 0 Å². The van der Waals surface area contributed by atoms with Gasteiger partial charge in [-0.25, -0.2) is 8.42 Å². The van der Waals surface area contributed by atoms with E-state index in [-0.39, 0.29) is 10.8 Å². The molecule has 1 aliphatic carbocycles. The van der Waals surface area contributed by atoms with Crippen LogP contribution in [0.4, 0.5) is 0 Å². The molecule has 4 nitrogen and oxygen atoms in total. The first-order chi connectivity index (χ1) is 7.94. The SMILES string of the molecule is Cc1ccccc1S(=O)(=O)C(C(=O)O)C1CC1. The van der Waals surface area contributed by atoms with Gasteiger partial charge in [0.15, 0.2) is 15.1 Å². The number of carbonyl (C=O) groups is 1. The van der Waals surface area contributed by atoms with Crippen molar-refractivity contribution in [3.05, 3.63) is 29.8 Å². The summed E-state index contributed by atoms with van der Waals surface area (Å²) >= 11 is 0. The zero-order valence-corrected chi connectivity index (χ0v) is 10.3. The lowest BCUT2D eigenvalue weighted by Gasteiger charge is -2.14. The highest BCUT2D eigenvalue weighted by Crippen LogP contribution is 2.39. The molecule has 0 heterocycles. The molecule has 92 valence electrons. The molecule has 0 amide bonds. The molecule has 5 heteroatoms. The lowest BCUT2D eigenvalue weighted by atomic mass is 10.2. The van der Waals surface area contributed by atoms with Crippen LogP contribution >= 0.6 is 0 Å². The van der Waals surface area contributed by atoms with E-state index in [4.69, 9.17) is 5.11 Å². The molecule has 1 aromatic carbocycles. The molecule has 1 atom stereocenters.